The molecule has 2 aromatic rings. The Morgan fingerprint density at radius 2 is 2.45 bits per heavy atom. The third-order valence-corrected chi connectivity index (χ3v) is 4.97. The normalized spacial score (nSPS) is 22.5. The van der Waals surface area contributed by atoms with Gasteiger partial charge in [0, 0.05) is 42.4 Å². The van der Waals surface area contributed by atoms with Gasteiger partial charge in [-0.05, 0) is 31.2 Å². The van der Waals surface area contributed by atoms with E-state index in [9.17, 15) is 0 Å². The minimum absolute atomic E-state index is 0.145. The molecule has 0 spiro atoms. The van der Waals surface area contributed by atoms with Crippen LogP contribution in [-0.2, 0) is 18.2 Å². The molecule has 0 bridgehead atoms. The van der Waals surface area contributed by atoms with Crippen LogP contribution in [0.3, 0.4) is 0 Å². The Morgan fingerprint density at radius 3 is 3.15 bits per heavy atom. The van der Waals surface area contributed by atoms with Crippen molar-refractivity contribution in [1.29, 1.82) is 0 Å². The first-order valence-electron chi connectivity index (χ1n) is 7.11. The Morgan fingerprint density at radius 1 is 1.55 bits per heavy atom. The second kappa shape index (κ2) is 6.08. The van der Waals surface area contributed by atoms with Crippen LogP contribution >= 0.6 is 11.3 Å². The Hall–Kier alpha value is -1.17. The van der Waals surface area contributed by atoms with Crippen LogP contribution in [0.1, 0.15) is 28.7 Å². The van der Waals surface area contributed by atoms with E-state index in [1.54, 1.807) is 0 Å². The third kappa shape index (κ3) is 2.80. The Bertz CT molecular complexity index is 549. The first kappa shape index (κ1) is 13.8. The molecule has 1 N–H and O–H groups in total. The van der Waals surface area contributed by atoms with Gasteiger partial charge in [0.1, 0.15) is 6.10 Å². The fraction of sp³-hybridized carbons (Fsp3) is 0.533. The van der Waals surface area contributed by atoms with Gasteiger partial charge in [-0.1, -0.05) is 6.07 Å². The van der Waals surface area contributed by atoms with Crippen molar-refractivity contribution in [1.82, 2.24) is 15.1 Å². The standard InChI is InChI=1S/C15H21N3OS/c1-11-13(10-17-18(11)2)15-14(6-8-19-15)16-7-5-12-4-3-9-20-12/h3-4,9-10,14-16H,5-8H2,1-2H3/t14-,15+/m0/s1. The molecule has 0 unspecified atom stereocenters. The summed E-state index contributed by atoms with van der Waals surface area (Å²) in [5, 5.41) is 10.1. The fourth-order valence-electron chi connectivity index (χ4n) is 2.74. The predicted molar refractivity (Wildman–Crippen MR) is 81.1 cm³/mol. The molecule has 3 rings (SSSR count). The number of nitrogens with zero attached hydrogens (tertiary/aromatic N) is 2. The number of ether oxygens (including phenoxy) is 1. The predicted octanol–water partition coefficient (Wildman–Crippen LogP) is 2.45. The number of nitrogens with one attached hydrogen (secondary N) is 1. The van der Waals surface area contributed by atoms with Crippen LogP contribution in [0.5, 0.6) is 0 Å². The van der Waals surface area contributed by atoms with E-state index in [2.05, 4.69) is 34.9 Å². The smallest absolute Gasteiger partial charge is 0.101 e. The molecular formula is C15H21N3OS. The minimum atomic E-state index is 0.145. The first-order valence-corrected chi connectivity index (χ1v) is 7.99. The second-order valence-corrected chi connectivity index (χ2v) is 6.31. The number of hydrogen-bond acceptors (Lipinski definition) is 4. The van der Waals surface area contributed by atoms with Gasteiger partial charge in [0.2, 0.25) is 0 Å². The molecule has 1 aliphatic rings. The molecule has 1 aliphatic heterocycles. The van der Waals surface area contributed by atoms with Crippen molar-refractivity contribution in [3.8, 4) is 0 Å². The van der Waals surface area contributed by atoms with Crippen molar-refractivity contribution in [3.63, 3.8) is 0 Å². The Kier molecular flexibility index (Phi) is 4.19. The molecule has 0 aliphatic carbocycles. The van der Waals surface area contributed by atoms with Crippen molar-refractivity contribution in [2.24, 2.45) is 7.05 Å². The van der Waals surface area contributed by atoms with E-state index in [1.807, 2.05) is 29.3 Å². The van der Waals surface area contributed by atoms with Crippen LogP contribution in [0, 0.1) is 6.92 Å². The maximum Gasteiger partial charge on any atom is 0.101 e. The van der Waals surface area contributed by atoms with Gasteiger partial charge in [-0.3, -0.25) is 4.68 Å². The molecule has 0 saturated carbocycles. The summed E-state index contributed by atoms with van der Waals surface area (Å²) in [6.45, 7) is 3.94. The lowest BCUT2D eigenvalue weighted by atomic mass is 10.0. The van der Waals surface area contributed by atoms with Crippen LogP contribution in [0.4, 0.5) is 0 Å². The van der Waals surface area contributed by atoms with Gasteiger partial charge in [0.15, 0.2) is 0 Å². The van der Waals surface area contributed by atoms with Crippen LogP contribution < -0.4 is 5.32 Å². The number of aryl methyl sites for hydroxylation is 1. The highest BCUT2D eigenvalue weighted by atomic mass is 32.1. The monoisotopic (exact) mass is 291 g/mol. The molecule has 108 valence electrons. The van der Waals surface area contributed by atoms with E-state index >= 15 is 0 Å². The molecule has 1 saturated heterocycles. The van der Waals surface area contributed by atoms with Crippen molar-refractivity contribution >= 4 is 11.3 Å². The van der Waals surface area contributed by atoms with Gasteiger partial charge < -0.3 is 10.1 Å². The summed E-state index contributed by atoms with van der Waals surface area (Å²) >= 11 is 1.82. The zero-order valence-electron chi connectivity index (χ0n) is 12.0. The van der Waals surface area contributed by atoms with Crippen LogP contribution in [0.2, 0.25) is 0 Å². The SMILES string of the molecule is Cc1c([C@H]2OCC[C@@H]2NCCc2cccs2)cnn1C. The summed E-state index contributed by atoms with van der Waals surface area (Å²) in [7, 11) is 1.98. The van der Waals surface area contributed by atoms with E-state index in [-0.39, 0.29) is 6.10 Å². The first-order chi connectivity index (χ1) is 9.75. The van der Waals surface area contributed by atoms with E-state index in [1.165, 1.54) is 16.1 Å². The average Bonchev–Trinajstić information content (AvgIpc) is 3.15. The lowest BCUT2D eigenvalue weighted by Gasteiger charge is -2.19. The van der Waals surface area contributed by atoms with Crippen LogP contribution in [-0.4, -0.2) is 29.0 Å². The lowest BCUT2D eigenvalue weighted by Crippen LogP contribution is -2.33. The average molecular weight is 291 g/mol. The number of thiophene rings is 1. The number of aromatic nitrogens is 2. The van der Waals surface area contributed by atoms with E-state index < -0.39 is 0 Å². The molecule has 2 atom stereocenters. The lowest BCUT2D eigenvalue weighted by molar-refractivity contribution is 0.0983. The van der Waals surface area contributed by atoms with Crippen molar-refractivity contribution in [3.05, 3.63) is 39.8 Å². The summed E-state index contributed by atoms with van der Waals surface area (Å²) in [5.74, 6) is 0. The van der Waals surface area contributed by atoms with Gasteiger partial charge in [-0.15, -0.1) is 11.3 Å². The highest BCUT2D eigenvalue weighted by Gasteiger charge is 2.31. The van der Waals surface area contributed by atoms with Gasteiger partial charge >= 0.3 is 0 Å². The quantitative estimate of drug-likeness (QED) is 0.920. The van der Waals surface area contributed by atoms with E-state index in [0.29, 0.717) is 6.04 Å². The summed E-state index contributed by atoms with van der Waals surface area (Å²) in [6.07, 6.45) is 4.25. The zero-order chi connectivity index (χ0) is 13.9. The molecule has 0 radical (unpaired) electrons. The second-order valence-electron chi connectivity index (χ2n) is 5.28. The molecular weight excluding hydrogens is 270 g/mol. The molecule has 4 nitrogen and oxygen atoms in total. The minimum Gasteiger partial charge on any atom is -0.372 e. The highest BCUT2D eigenvalue weighted by Crippen LogP contribution is 2.30. The zero-order valence-corrected chi connectivity index (χ0v) is 12.8. The van der Waals surface area contributed by atoms with Gasteiger partial charge in [-0.25, -0.2) is 0 Å². The molecule has 2 aromatic heterocycles. The van der Waals surface area contributed by atoms with Gasteiger partial charge in [0.05, 0.1) is 6.20 Å². The maximum absolute atomic E-state index is 5.92. The molecule has 20 heavy (non-hydrogen) atoms. The van der Waals surface area contributed by atoms with E-state index in [0.717, 1.165) is 26.0 Å². The van der Waals surface area contributed by atoms with Gasteiger partial charge in [0.25, 0.3) is 0 Å². The Balaban J connectivity index is 1.59. The molecule has 5 heteroatoms. The van der Waals surface area contributed by atoms with Crippen LogP contribution in [0.15, 0.2) is 23.7 Å². The molecule has 3 heterocycles. The van der Waals surface area contributed by atoms with Gasteiger partial charge in [-0.2, -0.15) is 5.10 Å². The summed E-state index contributed by atoms with van der Waals surface area (Å²) < 4.78 is 7.84. The third-order valence-electron chi connectivity index (χ3n) is 4.03. The van der Waals surface area contributed by atoms with Crippen molar-refractivity contribution in [2.75, 3.05) is 13.2 Å². The molecule has 0 amide bonds. The molecule has 1 fully saturated rings. The summed E-state index contributed by atoms with van der Waals surface area (Å²) in [6, 6.07) is 4.71. The largest absolute Gasteiger partial charge is 0.372 e. The number of hydrogen-bond donors (Lipinski definition) is 1. The molecule has 0 aromatic carbocycles. The number of rotatable bonds is 5. The summed E-state index contributed by atoms with van der Waals surface area (Å²) in [4.78, 5) is 1.44. The maximum atomic E-state index is 5.92. The van der Waals surface area contributed by atoms with Crippen molar-refractivity contribution in [2.45, 2.75) is 31.9 Å². The van der Waals surface area contributed by atoms with E-state index in [4.69, 9.17) is 4.74 Å². The van der Waals surface area contributed by atoms with Crippen LogP contribution in [0.25, 0.3) is 0 Å². The fourth-order valence-corrected chi connectivity index (χ4v) is 3.44. The Labute approximate surface area is 123 Å². The van der Waals surface area contributed by atoms with Crippen molar-refractivity contribution < 1.29 is 4.74 Å². The highest BCUT2D eigenvalue weighted by molar-refractivity contribution is 7.09. The summed E-state index contributed by atoms with van der Waals surface area (Å²) in [5.41, 5.74) is 2.42. The topological polar surface area (TPSA) is 39.1 Å².